The van der Waals surface area contributed by atoms with Gasteiger partial charge in [0.05, 0.1) is 18.8 Å². The maximum Gasteiger partial charge on any atom is 0.222 e. The van der Waals surface area contributed by atoms with Gasteiger partial charge in [-0.3, -0.25) is 4.90 Å². The van der Waals surface area contributed by atoms with Crippen LogP contribution >= 0.6 is 0 Å². The van der Waals surface area contributed by atoms with Crippen LogP contribution in [-0.2, 0) is 13.6 Å². The summed E-state index contributed by atoms with van der Waals surface area (Å²) in [5, 5.41) is 15.9. The molecule has 0 saturated heterocycles. The average Bonchev–Trinajstić information content (AvgIpc) is 3.19. The molecule has 0 aliphatic heterocycles. The molecule has 6 nitrogen and oxygen atoms in total. The molecule has 6 heteroatoms. The van der Waals surface area contributed by atoms with Crippen molar-refractivity contribution in [3.63, 3.8) is 0 Å². The van der Waals surface area contributed by atoms with Crippen LogP contribution in [0.5, 0.6) is 17.4 Å². The first-order valence-corrected chi connectivity index (χ1v) is 12.3. The average molecular weight is 486 g/mol. The van der Waals surface area contributed by atoms with Crippen molar-refractivity contribution in [1.29, 1.82) is 0 Å². The second-order valence-electron chi connectivity index (χ2n) is 9.41. The lowest BCUT2D eigenvalue weighted by atomic mass is 10.1. The lowest BCUT2D eigenvalue weighted by molar-refractivity contribution is 0.101. The monoisotopic (exact) mass is 485 g/mol. The number of ether oxygens (including phenoxy) is 2. The molecule has 1 atom stereocenters. The summed E-state index contributed by atoms with van der Waals surface area (Å²) in [4.78, 5) is 2.28. The van der Waals surface area contributed by atoms with Crippen LogP contribution in [0.3, 0.4) is 0 Å². The van der Waals surface area contributed by atoms with Crippen molar-refractivity contribution in [3.8, 4) is 28.6 Å². The fourth-order valence-corrected chi connectivity index (χ4v) is 4.37. The summed E-state index contributed by atoms with van der Waals surface area (Å²) >= 11 is 0. The zero-order valence-corrected chi connectivity index (χ0v) is 21.5. The van der Waals surface area contributed by atoms with E-state index in [0.29, 0.717) is 30.6 Å². The summed E-state index contributed by atoms with van der Waals surface area (Å²) in [5.41, 5.74) is 3.81. The highest BCUT2D eigenvalue weighted by atomic mass is 16.5. The summed E-state index contributed by atoms with van der Waals surface area (Å²) < 4.78 is 13.5. The number of methoxy groups -OCH3 is 1. The molecule has 0 bridgehead atoms. The first-order chi connectivity index (χ1) is 17.4. The van der Waals surface area contributed by atoms with Crippen molar-refractivity contribution in [2.75, 3.05) is 20.2 Å². The molecule has 0 amide bonds. The number of aromatic nitrogens is 2. The van der Waals surface area contributed by atoms with Crippen molar-refractivity contribution in [2.45, 2.75) is 26.5 Å². The van der Waals surface area contributed by atoms with Gasteiger partial charge in [0.25, 0.3) is 0 Å². The van der Waals surface area contributed by atoms with Gasteiger partial charge in [-0.15, -0.1) is 0 Å². The van der Waals surface area contributed by atoms with Gasteiger partial charge in [-0.05, 0) is 35.7 Å². The summed E-state index contributed by atoms with van der Waals surface area (Å²) in [6.45, 7) is 6.31. The maximum absolute atomic E-state index is 11.0. The van der Waals surface area contributed by atoms with Crippen LogP contribution in [0.25, 0.3) is 11.3 Å². The molecule has 0 saturated carbocycles. The number of aliphatic hydroxyl groups is 1. The lowest BCUT2D eigenvalue weighted by Crippen LogP contribution is -2.32. The van der Waals surface area contributed by atoms with Crippen LogP contribution < -0.4 is 9.47 Å². The van der Waals surface area contributed by atoms with E-state index in [9.17, 15) is 5.11 Å². The third-order valence-corrected chi connectivity index (χ3v) is 6.03. The molecule has 188 valence electrons. The van der Waals surface area contributed by atoms with E-state index in [2.05, 4.69) is 30.9 Å². The number of rotatable bonds is 11. The number of aryl methyl sites for hydroxylation is 1. The van der Waals surface area contributed by atoms with E-state index in [4.69, 9.17) is 14.6 Å². The molecule has 4 aromatic rings. The summed E-state index contributed by atoms with van der Waals surface area (Å²) in [6, 6.07) is 27.5. The number of aliphatic hydroxyl groups excluding tert-OH is 1. The molecule has 3 aromatic carbocycles. The van der Waals surface area contributed by atoms with Gasteiger partial charge >= 0.3 is 0 Å². The van der Waals surface area contributed by atoms with Crippen molar-refractivity contribution >= 4 is 0 Å². The normalized spacial score (nSPS) is 12.2. The molecule has 1 N–H and O–H groups in total. The molecule has 0 spiro atoms. The zero-order chi connectivity index (χ0) is 25.5. The molecule has 0 aliphatic carbocycles. The fourth-order valence-electron chi connectivity index (χ4n) is 4.37. The fraction of sp³-hybridized carbons (Fsp3) is 0.300. The zero-order valence-electron chi connectivity index (χ0n) is 21.5. The summed E-state index contributed by atoms with van der Waals surface area (Å²) in [6.07, 6.45) is -0.590. The van der Waals surface area contributed by atoms with Crippen molar-refractivity contribution in [1.82, 2.24) is 14.7 Å². The third-order valence-electron chi connectivity index (χ3n) is 6.03. The Hall–Kier alpha value is -3.61. The third kappa shape index (κ3) is 6.33. The Morgan fingerprint density at radius 2 is 1.47 bits per heavy atom. The molecule has 0 radical (unpaired) electrons. The van der Waals surface area contributed by atoms with Crippen LogP contribution in [0.15, 0.2) is 84.9 Å². The summed E-state index contributed by atoms with van der Waals surface area (Å²) in [7, 11) is 3.55. The predicted molar refractivity (Wildman–Crippen MR) is 143 cm³/mol. The minimum Gasteiger partial charge on any atom is -0.497 e. The van der Waals surface area contributed by atoms with Crippen LogP contribution in [0.4, 0.5) is 0 Å². The maximum atomic E-state index is 11.0. The van der Waals surface area contributed by atoms with Gasteiger partial charge in [0.1, 0.15) is 17.2 Å². The molecule has 1 unspecified atom stereocenters. The number of benzene rings is 3. The van der Waals surface area contributed by atoms with Gasteiger partial charge in [0, 0.05) is 32.2 Å². The number of hydrogen-bond acceptors (Lipinski definition) is 5. The molecule has 36 heavy (non-hydrogen) atoms. The second kappa shape index (κ2) is 11.9. The number of hydrogen-bond donors (Lipinski definition) is 1. The molecular weight excluding hydrogens is 450 g/mol. The van der Waals surface area contributed by atoms with Gasteiger partial charge < -0.3 is 14.6 Å². The highest BCUT2D eigenvalue weighted by Gasteiger charge is 2.24. The Kier molecular flexibility index (Phi) is 8.41. The standard InChI is InChI=1S/C30H35N3O3/c1-22(2)19-33(21-28(34)23-11-7-5-8-12-23)20-27-29(24-13-9-6-10-14-24)31-32(3)30(27)36-26-17-15-25(35-4)16-18-26/h5-18,22,28,34H,19-21H2,1-4H3. The van der Waals surface area contributed by atoms with Gasteiger partial charge in [-0.1, -0.05) is 74.5 Å². The highest BCUT2D eigenvalue weighted by molar-refractivity contribution is 5.65. The Morgan fingerprint density at radius 3 is 2.08 bits per heavy atom. The highest BCUT2D eigenvalue weighted by Crippen LogP contribution is 2.35. The predicted octanol–water partition coefficient (Wildman–Crippen LogP) is 6.08. The Bertz CT molecular complexity index is 1220. The Balaban J connectivity index is 1.69. The van der Waals surface area contributed by atoms with E-state index in [1.807, 2.05) is 79.8 Å². The largest absolute Gasteiger partial charge is 0.497 e. The van der Waals surface area contributed by atoms with E-state index in [0.717, 1.165) is 34.7 Å². The molecule has 1 heterocycles. The minimum atomic E-state index is -0.590. The lowest BCUT2D eigenvalue weighted by Gasteiger charge is -2.27. The van der Waals surface area contributed by atoms with Crippen LogP contribution in [0.1, 0.15) is 31.1 Å². The Labute approximate surface area is 213 Å². The van der Waals surface area contributed by atoms with E-state index < -0.39 is 6.10 Å². The van der Waals surface area contributed by atoms with Crippen molar-refractivity contribution in [3.05, 3.63) is 96.1 Å². The molecular formula is C30H35N3O3. The van der Waals surface area contributed by atoms with Gasteiger partial charge in [-0.25, -0.2) is 4.68 Å². The van der Waals surface area contributed by atoms with Gasteiger partial charge in [0.2, 0.25) is 5.88 Å². The molecule has 1 aromatic heterocycles. The van der Waals surface area contributed by atoms with E-state index in [1.54, 1.807) is 11.8 Å². The first kappa shape index (κ1) is 25.5. The van der Waals surface area contributed by atoms with Crippen LogP contribution in [0.2, 0.25) is 0 Å². The quantitative estimate of drug-likeness (QED) is 0.279. The molecule has 0 aliphatic rings. The second-order valence-corrected chi connectivity index (χ2v) is 9.41. The van der Waals surface area contributed by atoms with Gasteiger partial charge in [-0.2, -0.15) is 5.10 Å². The van der Waals surface area contributed by atoms with Crippen molar-refractivity contribution in [2.24, 2.45) is 13.0 Å². The molecule has 4 rings (SSSR count). The van der Waals surface area contributed by atoms with Crippen LogP contribution in [0, 0.1) is 5.92 Å². The van der Waals surface area contributed by atoms with Gasteiger partial charge in [0.15, 0.2) is 0 Å². The number of nitrogens with zero attached hydrogens (tertiary/aromatic N) is 3. The smallest absolute Gasteiger partial charge is 0.222 e. The summed E-state index contributed by atoms with van der Waals surface area (Å²) in [5.74, 6) is 2.59. The Morgan fingerprint density at radius 1 is 0.861 bits per heavy atom. The van der Waals surface area contributed by atoms with E-state index in [-0.39, 0.29) is 0 Å². The SMILES string of the molecule is COc1ccc(Oc2c(CN(CC(C)C)CC(O)c3ccccc3)c(-c3ccccc3)nn2C)cc1. The first-order valence-electron chi connectivity index (χ1n) is 12.3. The molecule has 0 fully saturated rings. The van der Waals surface area contributed by atoms with E-state index in [1.165, 1.54) is 0 Å². The minimum absolute atomic E-state index is 0.427. The van der Waals surface area contributed by atoms with Crippen LogP contribution in [-0.4, -0.2) is 40.0 Å². The van der Waals surface area contributed by atoms with E-state index >= 15 is 0 Å². The topological polar surface area (TPSA) is 59.8 Å². The van der Waals surface area contributed by atoms with Crippen molar-refractivity contribution < 1.29 is 14.6 Å².